The van der Waals surface area contributed by atoms with E-state index in [4.69, 9.17) is 4.43 Å². The van der Waals surface area contributed by atoms with Gasteiger partial charge in [0.1, 0.15) is 0 Å². The molecule has 0 aliphatic rings. The van der Waals surface area contributed by atoms with Gasteiger partial charge in [-0.05, 0) is 0 Å². The number of aromatic nitrogens is 2. The third-order valence-electron chi connectivity index (χ3n) is 4.37. The fraction of sp³-hybridized carbons (Fsp3) is 0.812. The van der Waals surface area contributed by atoms with Crippen LogP contribution in [-0.2, 0) is 10.8 Å². The maximum absolute atomic E-state index is 6.58. The fourth-order valence-electron chi connectivity index (χ4n) is 2.12. The summed E-state index contributed by atoms with van der Waals surface area (Å²) >= 11 is -2.04. The van der Waals surface area contributed by atoms with Crippen LogP contribution in [0, 0.1) is 0 Å². The van der Waals surface area contributed by atoms with E-state index in [9.17, 15) is 0 Å². The summed E-state index contributed by atoms with van der Waals surface area (Å²) in [6.45, 7) is 15.9. The number of H-pyrrole nitrogens is 1. The van der Waals surface area contributed by atoms with Crippen molar-refractivity contribution in [2.75, 3.05) is 0 Å². The van der Waals surface area contributed by atoms with Crippen LogP contribution in [0.15, 0.2) is 6.20 Å². The Bertz CT molecular complexity index is 481. The van der Waals surface area contributed by atoms with Crippen LogP contribution in [0.5, 0.6) is 0 Å². The summed E-state index contributed by atoms with van der Waals surface area (Å²) in [4.78, 5) is 15.4. The first-order valence-corrected chi connectivity index (χ1v) is 20.8. The molecule has 0 radical (unpaired) electrons. The average molecular weight is 417 g/mol. The second-order valence-electron chi connectivity index (χ2n) is 9.29. The van der Waals surface area contributed by atoms with Crippen LogP contribution in [0.2, 0.25) is 33.0 Å². The van der Waals surface area contributed by atoms with Crippen LogP contribution >= 0.6 is 0 Å². The third-order valence-corrected chi connectivity index (χ3v) is 14.4. The van der Waals surface area contributed by atoms with Gasteiger partial charge in [-0.25, -0.2) is 0 Å². The van der Waals surface area contributed by atoms with Gasteiger partial charge in [-0.15, -0.1) is 0 Å². The van der Waals surface area contributed by atoms with Crippen molar-refractivity contribution in [1.29, 1.82) is 0 Å². The van der Waals surface area contributed by atoms with E-state index in [1.165, 1.54) is 3.71 Å². The summed E-state index contributed by atoms with van der Waals surface area (Å²) < 4.78 is 7.98. The summed E-state index contributed by atoms with van der Waals surface area (Å²) in [5, 5.41) is 0.237. The molecule has 3 nitrogen and oxygen atoms in total. The first-order valence-electron chi connectivity index (χ1n) is 7.89. The molecule has 5 heteroatoms. The number of imidazole rings is 1. The number of hydrogen-bond donors (Lipinski definition) is 1. The maximum atomic E-state index is 6.58. The molecule has 1 heterocycles. The van der Waals surface area contributed by atoms with E-state index in [0.717, 1.165) is 12.2 Å². The number of aromatic amines is 1. The Morgan fingerprint density at radius 2 is 1.67 bits per heavy atom. The van der Waals surface area contributed by atoms with E-state index in [2.05, 4.69) is 72.5 Å². The molecule has 1 N–H and O–H groups in total. The van der Waals surface area contributed by atoms with Gasteiger partial charge in [0.25, 0.3) is 0 Å². The molecular formula is C16H34N2OSiSn. The minimum atomic E-state index is -2.04. The van der Waals surface area contributed by atoms with Crippen LogP contribution in [0.3, 0.4) is 0 Å². The quantitative estimate of drug-likeness (QED) is 0.726. The molecule has 1 rings (SSSR count). The van der Waals surface area contributed by atoms with Crippen molar-refractivity contribution in [2.24, 2.45) is 0 Å². The van der Waals surface area contributed by atoms with Gasteiger partial charge in [0, 0.05) is 0 Å². The average Bonchev–Trinajstić information content (AvgIpc) is 2.60. The molecule has 122 valence electrons. The molecule has 0 aliphatic carbocycles. The molecular weight excluding hydrogens is 383 g/mol. The Balaban J connectivity index is 2.84. The van der Waals surface area contributed by atoms with Gasteiger partial charge in [0.15, 0.2) is 0 Å². The molecule has 1 aromatic rings. The third kappa shape index (κ3) is 5.39. The molecule has 0 amide bonds. The van der Waals surface area contributed by atoms with Crippen LogP contribution in [-0.4, -0.2) is 42.3 Å². The number of hydrogen-bond acceptors (Lipinski definition) is 2. The van der Waals surface area contributed by atoms with E-state index < -0.39 is 26.7 Å². The Morgan fingerprint density at radius 1 is 1.14 bits per heavy atom. The predicted molar refractivity (Wildman–Crippen MR) is 97.6 cm³/mol. The van der Waals surface area contributed by atoms with E-state index in [1.807, 2.05) is 6.20 Å². The summed E-state index contributed by atoms with van der Waals surface area (Å²) in [6.07, 6.45) is 2.90. The Kier molecular flexibility index (Phi) is 5.50. The van der Waals surface area contributed by atoms with Crippen LogP contribution < -0.4 is 3.71 Å². The van der Waals surface area contributed by atoms with Crippen molar-refractivity contribution in [3.05, 3.63) is 12.0 Å². The molecule has 1 aromatic heterocycles. The topological polar surface area (TPSA) is 37.9 Å². The summed E-state index contributed by atoms with van der Waals surface area (Å²) in [5.41, 5.74) is -0.175. The fourth-order valence-corrected chi connectivity index (χ4v) is 6.65. The Labute approximate surface area is 136 Å². The van der Waals surface area contributed by atoms with Crippen LogP contribution in [0.25, 0.3) is 0 Å². The zero-order valence-electron chi connectivity index (χ0n) is 15.6. The molecule has 0 fully saturated rings. The molecule has 0 saturated carbocycles. The summed E-state index contributed by atoms with van der Waals surface area (Å²) in [7, 11) is -1.75. The van der Waals surface area contributed by atoms with Crippen molar-refractivity contribution in [3.8, 4) is 0 Å². The molecule has 0 unspecified atom stereocenters. The van der Waals surface area contributed by atoms with E-state index >= 15 is 0 Å². The van der Waals surface area contributed by atoms with Crippen molar-refractivity contribution < 1.29 is 4.43 Å². The number of nitrogens with zero attached hydrogens (tertiary/aromatic N) is 1. The second-order valence-corrected chi connectivity index (χ2v) is 28.4. The Morgan fingerprint density at radius 3 is 2.05 bits per heavy atom. The monoisotopic (exact) mass is 418 g/mol. The van der Waals surface area contributed by atoms with Crippen molar-refractivity contribution in [2.45, 2.75) is 79.6 Å². The van der Waals surface area contributed by atoms with Gasteiger partial charge >= 0.3 is 136 Å². The van der Waals surface area contributed by atoms with Gasteiger partial charge in [-0.3, -0.25) is 0 Å². The van der Waals surface area contributed by atoms with E-state index in [1.54, 1.807) is 0 Å². The van der Waals surface area contributed by atoms with Crippen molar-refractivity contribution in [1.82, 2.24) is 9.97 Å². The molecule has 0 bridgehead atoms. The van der Waals surface area contributed by atoms with Crippen molar-refractivity contribution in [3.63, 3.8) is 0 Å². The molecule has 21 heavy (non-hydrogen) atoms. The van der Waals surface area contributed by atoms with Gasteiger partial charge in [0.2, 0.25) is 0 Å². The van der Waals surface area contributed by atoms with Gasteiger partial charge in [-0.1, -0.05) is 0 Å². The van der Waals surface area contributed by atoms with Gasteiger partial charge in [0.05, 0.1) is 0 Å². The van der Waals surface area contributed by atoms with Crippen LogP contribution in [0.4, 0.5) is 0 Å². The second kappa shape index (κ2) is 6.00. The zero-order valence-corrected chi connectivity index (χ0v) is 19.5. The first kappa shape index (κ1) is 19.2. The zero-order chi connectivity index (χ0) is 16.7. The molecule has 0 aromatic carbocycles. The van der Waals surface area contributed by atoms with Crippen molar-refractivity contribution >= 4 is 30.4 Å². The summed E-state index contributed by atoms with van der Waals surface area (Å²) in [6, 6.07) is 0. The SMILES string of the molecule is CC(C)(Cc1nc[c]([Sn]([CH3])([CH3])[CH3])[nH]1)O[Si](C)(C)C(C)(C)C. The van der Waals surface area contributed by atoms with E-state index in [0.29, 0.717) is 0 Å². The first-order chi connectivity index (χ1) is 9.14. The number of rotatable bonds is 5. The number of nitrogens with one attached hydrogen (secondary N) is 1. The van der Waals surface area contributed by atoms with Gasteiger partial charge in [-0.2, -0.15) is 0 Å². The van der Waals surface area contributed by atoms with E-state index in [-0.39, 0.29) is 10.6 Å². The molecule has 0 aliphatic heterocycles. The van der Waals surface area contributed by atoms with Crippen LogP contribution in [0.1, 0.15) is 40.4 Å². The summed E-state index contributed by atoms with van der Waals surface area (Å²) in [5.74, 6) is 1.07. The predicted octanol–water partition coefficient (Wildman–Crippen LogP) is 4.30. The Hall–Kier alpha value is 0.186. The normalized spacial score (nSPS) is 14.6. The standard InChI is InChI=1S/C13H25N2OSi.3CH3.Sn/c1-12(2,3)17(6,7)16-13(4,5)10-11-14-8-9-15-11;;;;/h8H,10H2,1-7H3,(H,14,15);3*1H3;. The minimum absolute atomic E-state index is 0.175. The molecule has 0 saturated heterocycles. The van der Waals surface area contributed by atoms with Gasteiger partial charge < -0.3 is 0 Å². The molecule has 0 atom stereocenters. The molecule has 0 spiro atoms.